The highest BCUT2D eigenvalue weighted by Crippen LogP contribution is 2.24. The number of nitrogens with one attached hydrogen (secondary N) is 1. The molecule has 0 bridgehead atoms. The summed E-state index contributed by atoms with van der Waals surface area (Å²) in [6, 6.07) is 5.36. The van der Waals surface area contributed by atoms with E-state index in [-0.39, 0.29) is 11.8 Å². The van der Waals surface area contributed by atoms with E-state index in [0.29, 0.717) is 42.2 Å². The predicted octanol–water partition coefficient (Wildman–Crippen LogP) is 2.69. The summed E-state index contributed by atoms with van der Waals surface area (Å²) in [4.78, 5) is 34.5. The number of benzene rings is 1. The molecule has 0 atom stereocenters. The van der Waals surface area contributed by atoms with Gasteiger partial charge in [-0.1, -0.05) is 0 Å². The summed E-state index contributed by atoms with van der Waals surface area (Å²) >= 11 is 0. The molecule has 1 N–H and O–H groups in total. The molecular weight excluding hydrogens is 332 g/mol. The number of carbonyl (C=O) groups is 2. The van der Waals surface area contributed by atoms with Crippen LogP contribution in [0.4, 0.5) is 5.69 Å². The molecule has 0 fully saturated rings. The SMILES string of the molecule is CC(=O)N1CCc2c(cncc2C(=O)Nc2ccc3nc(C)oc3c2)C1. The lowest BCUT2D eigenvalue weighted by atomic mass is 9.96. The molecule has 0 saturated carbocycles. The largest absolute Gasteiger partial charge is 0.441 e. The third-order valence-electron chi connectivity index (χ3n) is 4.58. The first kappa shape index (κ1) is 16.3. The molecule has 2 aromatic heterocycles. The minimum Gasteiger partial charge on any atom is -0.441 e. The highest BCUT2D eigenvalue weighted by atomic mass is 16.3. The molecule has 3 heterocycles. The van der Waals surface area contributed by atoms with Gasteiger partial charge in [-0.05, 0) is 29.7 Å². The van der Waals surface area contributed by atoms with Gasteiger partial charge < -0.3 is 14.6 Å². The number of fused-ring (bicyclic) bond motifs is 2. The number of anilines is 1. The van der Waals surface area contributed by atoms with Crippen LogP contribution in [0.25, 0.3) is 11.1 Å². The molecule has 4 rings (SSSR count). The van der Waals surface area contributed by atoms with Gasteiger partial charge in [0.05, 0.1) is 5.56 Å². The first-order chi connectivity index (χ1) is 12.5. The maximum atomic E-state index is 12.8. The Balaban J connectivity index is 1.60. The zero-order valence-corrected chi connectivity index (χ0v) is 14.6. The fraction of sp³-hybridized carbons (Fsp3) is 0.263. The van der Waals surface area contributed by atoms with Crippen LogP contribution in [-0.2, 0) is 17.8 Å². The number of aryl methyl sites for hydroxylation is 1. The van der Waals surface area contributed by atoms with Gasteiger partial charge in [-0.2, -0.15) is 0 Å². The van der Waals surface area contributed by atoms with Crippen molar-refractivity contribution < 1.29 is 14.0 Å². The van der Waals surface area contributed by atoms with Crippen molar-refractivity contribution >= 4 is 28.6 Å². The Kier molecular flexibility index (Phi) is 3.91. The van der Waals surface area contributed by atoms with Gasteiger partial charge in [0.2, 0.25) is 5.91 Å². The topological polar surface area (TPSA) is 88.3 Å². The average Bonchev–Trinajstić information content (AvgIpc) is 2.99. The Morgan fingerprint density at radius 1 is 1.27 bits per heavy atom. The van der Waals surface area contributed by atoms with Crippen LogP contribution in [0.1, 0.15) is 34.3 Å². The number of hydrogen-bond donors (Lipinski definition) is 1. The van der Waals surface area contributed by atoms with Gasteiger partial charge in [0.25, 0.3) is 5.91 Å². The number of aromatic nitrogens is 2. The summed E-state index contributed by atoms with van der Waals surface area (Å²) in [5.74, 6) is 0.391. The van der Waals surface area contributed by atoms with Crippen molar-refractivity contribution in [3.8, 4) is 0 Å². The highest BCUT2D eigenvalue weighted by Gasteiger charge is 2.23. The van der Waals surface area contributed by atoms with Crippen molar-refractivity contribution in [3.05, 3.63) is 53.2 Å². The molecule has 0 unspecified atom stereocenters. The maximum absolute atomic E-state index is 12.8. The Morgan fingerprint density at radius 3 is 2.92 bits per heavy atom. The second kappa shape index (κ2) is 6.25. The molecule has 1 aromatic carbocycles. The molecule has 1 aliphatic heterocycles. The predicted molar refractivity (Wildman–Crippen MR) is 95.7 cm³/mol. The molecule has 0 aliphatic carbocycles. The molecule has 1 aliphatic rings. The number of hydrogen-bond acceptors (Lipinski definition) is 5. The van der Waals surface area contributed by atoms with Gasteiger partial charge in [-0.15, -0.1) is 0 Å². The quantitative estimate of drug-likeness (QED) is 0.768. The van der Waals surface area contributed by atoms with Crippen LogP contribution in [0.3, 0.4) is 0 Å². The van der Waals surface area contributed by atoms with E-state index in [4.69, 9.17) is 4.42 Å². The van der Waals surface area contributed by atoms with Crippen molar-refractivity contribution in [2.75, 3.05) is 11.9 Å². The first-order valence-corrected chi connectivity index (χ1v) is 8.41. The molecule has 26 heavy (non-hydrogen) atoms. The number of carbonyl (C=O) groups excluding carboxylic acids is 2. The molecular formula is C19H18N4O3. The summed E-state index contributed by atoms with van der Waals surface area (Å²) in [5.41, 5.74) is 4.43. The van der Waals surface area contributed by atoms with E-state index in [9.17, 15) is 9.59 Å². The van der Waals surface area contributed by atoms with Crippen LogP contribution in [0.5, 0.6) is 0 Å². The molecule has 2 amide bonds. The zero-order chi connectivity index (χ0) is 18.3. The summed E-state index contributed by atoms with van der Waals surface area (Å²) in [7, 11) is 0. The Hall–Kier alpha value is -3.22. The van der Waals surface area contributed by atoms with Gasteiger partial charge in [0, 0.05) is 51.1 Å². The Bertz CT molecular complexity index is 1020. The normalized spacial score (nSPS) is 13.5. The van der Waals surface area contributed by atoms with Crippen LogP contribution in [0.2, 0.25) is 0 Å². The van der Waals surface area contributed by atoms with E-state index in [1.165, 1.54) is 0 Å². The van der Waals surface area contributed by atoms with E-state index in [1.54, 1.807) is 43.3 Å². The minimum atomic E-state index is -0.221. The standard InChI is InChI=1S/C19H18N4O3/c1-11-21-17-4-3-14(7-18(17)26-11)22-19(25)16-9-20-8-13-10-23(12(2)24)6-5-15(13)16/h3-4,7-9H,5-6,10H2,1-2H3,(H,22,25). The van der Waals surface area contributed by atoms with E-state index in [2.05, 4.69) is 15.3 Å². The number of nitrogens with zero attached hydrogens (tertiary/aromatic N) is 3. The van der Waals surface area contributed by atoms with Gasteiger partial charge in [-0.3, -0.25) is 14.6 Å². The van der Waals surface area contributed by atoms with Gasteiger partial charge in [-0.25, -0.2) is 4.98 Å². The summed E-state index contributed by atoms with van der Waals surface area (Å²) in [5, 5.41) is 2.90. The van der Waals surface area contributed by atoms with Crippen LogP contribution in [-0.4, -0.2) is 33.2 Å². The number of amides is 2. The zero-order valence-electron chi connectivity index (χ0n) is 14.6. The van der Waals surface area contributed by atoms with Gasteiger partial charge >= 0.3 is 0 Å². The fourth-order valence-corrected chi connectivity index (χ4v) is 3.27. The van der Waals surface area contributed by atoms with E-state index in [1.807, 2.05) is 6.07 Å². The average molecular weight is 350 g/mol. The number of pyridine rings is 1. The summed E-state index contributed by atoms with van der Waals surface area (Å²) in [6.45, 7) is 4.43. The highest BCUT2D eigenvalue weighted by molar-refractivity contribution is 6.06. The molecule has 0 saturated heterocycles. The molecule has 0 radical (unpaired) electrons. The molecule has 3 aromatic rings. The first-order valence-electron chi connectivity index (χ1n) is 8.41. The molecule has 0 spiro atoms. The van der Waals surface area contributed by atoms with Crippen molar-refractivity contribution in [3.63, 3.8) is 0 Å². The molecule has 7 nitrogen and oxygen atoms in total. The van der Waals surface area contributed by atoms with Crippen LogP contribution in [0, 0.1) is 6.92 Å². The molecule has 7 heteroatoms. The Labute approximate surface area is 150 Å². The lowest BCUT2D eigenvalue weighted by Crippen LogP contribution is -2.35. The lowest BCUT2D eigenvalue weighted by Gasteiger charge is -2.28. The van der Waals surface area contributed by atoms with E-state index < -0.39 is 0 Å². The van der Waals surface area contributed by atoms with E-state index in [0.717, 1.165) is 16.6 Å². The monoisotopic (exact) mass is 350 g/mol. The number of oxazole rings is 1. The lowest BCUT2D eigenvalue weighted by molar-refractivity contribution is -0.129. The van der Waals surface area contributed by atoms with Crippen LogP contribution < -0.4 is 5.32 Å². The Morgan fingerprint density at radius 2 is 2.12 bits per heavy atom. The van der Waals surface area contributed by atoms with Crippen molar-refractivity contribution in [2.45, 2.75) is 26.8 Å². The molecule has 132 valence electrons. The minimum absolute atomic E-state index is 0.0288. The second-order valence-corrected chi connectivity index (χ2v) is 6.38. The van der Waals surface area contributed by atoms with Gasteiger partial charge in [0.15, 0.2) is 11.5 Å². The number of rotatable bonds is 2. The van der Waals surface area contributed by atoms with Crippen LogP contribution >= 0.6 is 0 Å². The third-order valence-corrected chi connectivity index (χ3v) is 4.58. The third kappa shape index (κ3) is 2.92. The van der Waals surface area contributed by atoms with Crippen molar-refractivity contribution in [1.29, 1.82) is 0 Å². The van der Waals surface area contributed by atoms with Crippen molar-refractivity contribution in [1.82, 2.24) is 14.9 Å². The van der Waals surface area contributed by atoms with Crippen LogP contribution in [0.15, 0.2) is 35.0 Å². The summed E-state index contributed by atoms with van der Waals surface area (Å²) < 4.78 is 5.51. The van der Waals surface area contributed by atoms with Gasteiger partial charge in [0.1, 0.15) is 5.52 Å². The second-order valence-electron chi connectivity index (χ2n) is 6.38. The van der Waals surface area contributed by atoms with E-state index >= 15 is 0 Å². The fourth-order valence-electron chi connectivity index (χ4n) is 3.27. The summed E-state index contributed by atoms with van der Waals surface area (Å²) in [6.07, 6.45) is 3.94. The van der Waals surface area contributed by atoms with Crippen molar-refractivity contribution in [2.24, 2.45) is 0 Å². The smallest absolute Gasteiger partial charge is 0.257 e. The maximum Gasteiger partial charge on any atom is 0.257 e.